The fraction of sp³-hybridized carbons (Fsp3) is 0.476. The van der Waals surface area contributed by atoms with E-state index >= 15 is 0 Å². The number of likely N-dealkylation sites (N-methyl/N-ethyl adjacent to an activating group) is 1. The Bertz CT molecular complexity index is 1080. The van der Waals surface area contributed by atoms with E-state index in [2.05, 4.69) is 15.3 Å². The number of nitrogens with zero attached hydrogens (tertiary/aromatic N) is 3. The number of nitrogens with one attached hydrogen (secondary N) is 2. The maximum absolute atomic E-state index is 13.0. The van der Waals surface area contributed by atoms with E-state index < -0.39 is 17.5 Å². The Hall–Kier alpha value is -3.23. The largest absolute Gasteiger partial charge is 0.337 e. The monoisotopic (exact) mass is 411 g/mol. The van der Waals surface area contributed by atoms with E-state index in [1.165, 1.54) is 4.90 Å². The van der Waals surface area contributed by atoms with E-state index in [-0.39, 0.29) is 30.5 Å². The molecule has 2 fully saturated rings. The van der Waals surface area contributed by atoms with Crippen LogP contribution in [0.15, 0.2) is 29.1 Å². The molecule has 2 N–H and O–H groups in total. The number of amides is 4. The molecule has 1 aromatic heterocycles. The molecule has 1 saturated heterocycles. The van der Waals surface area contributed by atoms with E-state index in [1.54, 1.807) is 31.3 Å². The summed E-state index contributed by atoms with van der Waals surface area (Å²) in [6, 6.07) is 6.43. The quantitative estimate of drug-likeness (QED) is 0.738. The van der Waals surface area contributed by atoms with Gasteiger partial charge in [-0.25, -0.2) is 9.78 Å². The van der Waals surface area contributed by atoms with Gasteiger partial charge in [-0.1, -0.05) is 31.9 Å². The predicted molar refractivity (Wildman–Crippen MR) is 109 cm³/mol. The second-order valence-corrected chi connectivity index (χ2v) is 8.22. The molecule has 2 heterocycles. The van der Waals surface area contributed by atoms with Crippen LogP contribution >= 0.6 is 0 Å². The van der Waals surface area contributed by atoms with E-state index in [1.807, 2.05) is 6.92 Å². The summed E-state index contributed by atoms with van der Waals surface area (Å²) in [5, 5.41) is 3.32. The number of aromatic nitrogens is 2. The number of hydrogen-bond acceptors (Lipinski definition) is 5. The van der Waals surface area contributed by atoms with E-state index in [4.69, 9.17) is 0 Å². The zero-order valence-electron chi connectivity index (χ0n) is 17.1. The highest BCUT2D eigenvalue weighted by Crippen LogP contribution is 2.38. The minimum absolute atomic E-state index is 0.0346. The Balaban J connectivity index is 1.47. The molecule has 158 valence electrons. The van der Waals surface area contributed by atoms with Crippen molar-refractivity contribution in [3.8, 4) is 0 Å². The Morgan fingerprint density at radius 3 is 2.80 bits per heavy atom. The van der Waals surface area contributed by atoms with Gasteiger partial charge in [-0.05, 0) is 30.9 Å². The number of aromatic amines is 1. The van der Waals surface area contributed by atoms with Crippen LogP contribution in [0.25, 0.3) is 10.9 Å². The zero-order chi connectivity index (χ0) is 21.5. The highest BCUT2D eigenvalue weighted by atomic mass is 16.2. The molecule has 9 heteroatoms. The van der Waals surface area contributed by atoms with Crippen LogP contribution in [-0.4, -0.2) is 56.7 Å². The van der Waals surface area contributed by atoms with Crippen LogP contribution in [0, 0.1) is 5.92 Å². The summed E-state index contributed by atoms with van der Waals surface area (Å²) < 4.78 is 0. The molecule has 1 aliphatic heterocycles. The standard InChI is InChI=1S/C21H25N5O4/c1-13-7-5-6-10-21(13)19(29)26(20(30)24-21)12-17(27)25(2)11-16-22-15-9-4-3-8-14(15)18(28)23-16/h3-4,8-9,13H,5-7,10-12H2,1-2H3,(H,24,30)(H,22,23,28)/t13-,21+/m0/s1. The van der Waals surface area contributed by atoms with Crippen LogP contribution < -0.4 is 10.9 Å². The molecule has 1 aromatic carbocycles. The summed E-state index contributed by atoms with van der Waals surface area (Å²) >= 11 is 0. The molecule has 0 unspecified atom stereocenters. The third-order valence-electron chi connectivity index (χ3n) is 6.27. The number of urea groups is 1. The normalized spacial score (nSPS) is 23.8. The average Bonchev–Trinajstić information content (AvgIpc) is 2.95. The first kappa shape index (κ1) is 20.1. The smallest absolute Gasteiger partial charge is 0.325 e. The van der Waals surface area contributed by atoms with Gasteiger partial charge in [0.2, 0.25) is 5.91 Å². The molecule has 30 heavy (non-hydrogen) atoms. The van der Waals surface area contributed by atoms with Gasteiger partial charge in [-0.15, -0.1) is 0 Å². The molecule has 2 aromatic rings. The Morgan fingerprint density at radius 2 is 2.03 bits per heavy atom. The van der Waals surface area contributed by atoms with Crippen molar-refractivity contribution in [2.24, 2.45) is 5.92 Å². The molecule has 9 nitrogen and oxygen atoms in total. The summed E-state index contributed by atoms with van der Waals surface area (Å²) in [5.41, 5.74) is -0.627. The maximum atomic E-state index is 13.0. The van der Waals surface area contributed by atoms with Crippen molar-refractivity contribution in [1.82, 2.24) is 25.1 Å². The van der Waals surface area contributed by atoms with Crippen molar-refractivity contribution in [1.29, 1.82) is 0 Å². The second-order valence-electron chi connectivity index (χ2n) is 8.22. The number of para-hydroxylation sites is 1. The van der Waals surface area contributed by atoms with Gasteiger partial charge in [0.15, 0.2) is 0 Å². The van der Waals surface area contributed by atoms with Gasteiger partial charge in [-0.3, -0.25) is 19.3 Å². The van der Waals surface area contributed by atoms with Crippen LogP contribution in [0.5, 0.6) is 0 Å². The number of H-pyrrole nitrogens is 1. The molecule has 0 radical (unpaired) electrons. The predicted octanol–water partition coefficient (Wildman–Crippen LogP) is 1.38. The second kappa shape index (κ2) is 7.55. The minimum Gasteiger partial charge on any atom is -0.337 e. The van der Waals surface area contributed by atoms with Crippen molar-refractivity contribution >= 4 is 28.7 Å². The van der Waals surface area contributed by atoms with Gasteiger partial charge in [-0.2, -0.15) is 0 Å². The van der Waals surface area contributed by atoms with Gasteiger partial charge in [0.25, 0.3) is 11.5 Å². The number of carbonyl (C=O) groups excluding carboxylic acids is 3. The first-order chi connectivity index (χ1) is 14.3. The van der Waals surface area contributed by atoms with Gasteiger partial charge < -0.3 is 15.2 Å². The lowest BCUT2D eigenvalue weighted by Gasteiger charge is -2.36. The van der Waals surface area contributed by atoms with Gasteiger partial charge in [0.05, 0.1) is 17.4 Å². The molecular formula is C21H25N5O4. The van der Waals surface area contributed by atoms with Crippen molar-refractivity contribution in [2.75, 3.05) is 13.6 Å². The molecule has 2 aliphatic rings. The zero-order valence-corrected chi connectivity index (χ0v) is 17.1. The Labute approximate surface area is 173 Å². The molecule has 0 bridgehead atoms. The van der Waals surface area contributed by atoms with Crippen molar-refractivity contribution in [2.45, 2.75) is 44.7 Å². The van der Waals surface area contributed by atoms with Gasteiger partial charge >= 0.3 is 6.03 Å². The summed E-state index contributed by atoms with van der Waals surface area (Å²) in [6.45, 7) is 1.69. The lowest BCUT2D eigenvalue weighted by molar-refractivity contribution is -0.140. The lowest BCUT2D eigenvalue weighted by Crippen LogP contribution is -2.54. The third-order valence-corrected chi connectivity index (χ3v) is 6.27. The maximum Gasteiger partial charge on any atom is 0.325 e. The van der Waals surface area contributed by atoms with Crippen molar-refractivity contribution in [3.05, 3.63) is 40.4 Å². The van der Waals surface area contributed by atoms with Gasteiger partial charge in [0, 0.05) is 7.05 Å². The fourth-order valence-corrected chi connectivity index (χ4v) is 4.42. The number of imide groups is 1. The van der Waals surface area contributed by atoms with Crippen LogP contribution in [0.1, 0.15) is 38.4 Å². The van der Waals surface area contributed by atoms with Crippen LogP contribution in [0.4, 0.5) is 4.79 Å². The molecule has 1 aliphatic carbocycles. The van der Waals surface area contributed by atoms with Crippen LogP contribution in [-0.2, 0) is 16.1 Å². The van der Waals surface area contributed by atoms with Gasteiger partial charge in [0.1, 0.15) is 17.9 Å². The number of carbonyl (C=O) groups is 3. The first-order valence-corrected chi connectivity index (χ1v) is 10.2. The molecule has 1 spiro atoms. The van der Waals surface area contributed by atoms with Crippen LogP contribution in [0.2, 0.25) is 0 Å². The SMILES string of the molecule is C[C@H]1CCCC[C@@]12NC(=O)N(CC(=O)N(C)Cc1nc3ccccc3c(=O)[nH]1)C2=O. The van der Waals surface area contributed by atoms with Crippen LogP contribution in [0.3, 0.4) is 0 Å². The van der Waals surface area contributed by atoms with E-state index in [9.17, 15) is 19.2 Å². The minimum atomic E-state index is -0.890. The number of rotatable bonds is 4. The van der Waals surface area contributed by atoms with Crippen molar-refractivity contribution in [3.63, 3.8) is 0 Å². The molecule has 1 saturated carbocycles. The Kier molecular flexibility index (Phi) is 5.05. The topological polar surface area (TPSA) is 115 Å². The summed E-state index contributed by atoms with van der Waals surface area (Å²) in [6.07, 6.45) is 3.37. The third kappa shape index (κ3) is 3.34. The Morgan fingerprint density at radius 1 is 1.27 bits per heavy atom. The summed E-state index contributed by atoms with van der Waals surface area (Å²) in [5.74, 6) is -0.356. The fourth-order valence-electron chi connectivity index (χ4n) is 4.42. The first-order valence-electron chi connectivity index (χ1n) is 10.2. The van der Waals surface area contributed by atoms with E-state index in [0.29, 0.717) is 23.1 Å². The van der Waals surface area contributed by atoms with E-state index in [0.717, 1.165) is 24.2 Å². The summed E-state index contributed by atoms with van der Waals surface area (Å²) in [7, 11) is 1.55. The molecular weight excluding hydrogens is 386 g/mol. The number of hydrogen-bond donors (Lipinski definition) is 2. The average molecular weight is 411 g/mol. The lowest BCUT2D eigenvalue weighted by atomic mass is 9.73. The highest BCUT2D eigenvalue weighted by molar-refractivity contribution is 6.09. The highest BCUT2D eigenvalue weighted by Gasteiger charge is 2.55. The van der Waals surface area contributed by atoms with Crippen molar-refractivity contribution < 1.29 is 14.4 Å². The molecule has 2 atom stereocenters. The number of benzene rings is 1. The molecule has 4 rings (SSSR count). The molecule has 4 amide bonds. The summed E-state index contributed by atoms with van der Waals surface area (Å²) in [4.78, 5) is 59.9. The number of fused-ring (bicyclic) bond motifs is 1.